The molecule has 4 nitrogen and oxygen atoms in total. The second-order valence-electron chi connectivity index (χ2n) is 4.22. The van der Waals surface area contributed by atoms with Crippen molar-refractivity contribution in [3.63, 3.8) is 0 Å². The first kappa shape index (κ1) is 12.6. The number of pyridine rings is 1. The van der Waals surface area contributed by atoms with Crippen molar-refractivity contribution in [3.8, 4) is 5.75 Å². The Morgan fingerprint density at radius 1 is 1.35 bits per heavy atom. The van der Waals surface area contributed by atoms with Crippen molar-refractivity contribution >= 4 is 11.6 Å². The minimum atomic E-state index is -0.397. The lowest BCUT2D eigenvalue weighted by Crippen LogP contribution is -2.49. The fraction of sp³-hybridized carbons (Fsp3) is 0.583. The maximum absolute atomic E-state index is 5.69. The molecule has 0 unspecified atom stereocenters. The van der Waals surface area contributed by atoms with Gasteiger partial charge >= 0.3 is 0 Å². The molecule has 0 amide bonds. The molecule has 0 bridgehead atoms. The van der Waals surface area contributed by atoms with Crippen molar-refractivity contribution in [1.82, 2.24) is 4.98 Å². The lowest BCUT2D eigenvalue weighted by Gasteiger charge is -2.44. The number of halogens is 1. The van der Waals surface area contributed by atoms with E-state index in [0.717, 1.165) is 18.6 Å². The molecule has 0 atom stereocenters. The number of nitrogens with zero attached hydrogens (tertiary/aromatic N) is 1. The molecule has 1 heterocycles. The van der Waals surface area contributed by atoms with Gasteiger partial charge < -0.3 is 14.2 Å². The van der Waals surface area contributed by atoms with Gasteiger partial charge in [0.1, 0.15) is 10.9 Å². The molecule has 2 rings (SSSR count). The van der Waals surface area contributed by atoms with Crippen LogP contribution in [0.15, 0.2) is 18.3 Å². The summed E-state index contributed by atoms with van der Waals surface area (Å²) in [5, 5.41) is 0.471. The zero-order valence-corrected chi connectivity index (χ0v) is 10.7. The van der Waals surface area contributed by atoms with Crippen LogP contribution in [0.4, 0.5) is 0 Å². The van der Waals surface area contributed by atoms with Crippen LogP contribution in [0.25, 0.3) is 0 Å². The molecule has 94 valence electrons. The van der Waals surface area contributed by atoms with Crippen molar-refractivity contribution in [2.45, 2.75) is 18.6 Å². The van der Waals surface area contributed by atoms with Gasteiger partial charge in [-0.2, -0.15) is 0 Å². The van der Waals surface area contributed by atoms with Crippen LogP contribution in [0.1, 0.15) is 12.8 Å². The molecule has 0 spiro atoms. The molecule has 0 aromatic carbocycles. The van der Waals surface area contributed by atoms with Gasteiger partial charge in [-0.3, -0.25) is 0 Å². The molecule has 1 saturated carbocycles. The Labute approximate surface area is 106 Å². The lowest BCUT2D eigenvalue weighted by molar-refractivity contribution is -0.272. The van der Waals surface area contributed by atoms with Crippen LogP contribution in [0.3, 0.4) is 0 Å². The summed E-state index contributed by atoms with van der Waals surface area (Å²) in [5.74, 6) is 0.805. The predicted molar refractivity (Wildman–Crippen MR) is 64.2 cm³/mol. The molecule has 5 heteroatoms. The van der Waals surface area contributed by atoms with Crippen LogP contribution >= 0.6 is 11.6 Å². The second kappa shape index (κ2) is 5.21. The minimum absolute atomic E-state index is 0.397. The zero-order valence-electron chi connectivity index (χ0n) is 9.98. The van der Waals surface area contributed by atoms with Gasteiger partial charge in [0.05, 0.1) is 12.8 Å². The summed E-state index contributed by atoms with van der Waals surface area (Å²) in [6.07, 6.45) is 3.35. The molecular weight excluding hydrogens is 242 g/mol. The van der Waals surface area contributed by atoms with Gasteiger partial charge in [0.15, 0.2) is 5.79 Å². The zero-order chi connectivity index (χ0) is 12.3. The fourth-order valence-corrected chi connectivity index (χ4v) is 2.13. The molecule has 1 aliphatic rings. The van der Waals surface area contributed by atoms with Crippen LogP contribution in [0, 0.1) is 5.92 Å². The molecular formula is C12H16ClNO3. The quantitative estimate of drug-likeness (QED) is 0.600. The smallest absolute Gasteiger partial charge is 0.168 e. The Balaban J connectivity index is 1.76. The van der Waals surface area contributed by atoms with Crippen molar-refractivity contribution in [1.29, 1.82) is 0 Å². The van der Waals surface area contributed by atoms with Gasteiger partial charge in [0, 0.05) is 33.0 Å². The van der Waals surface area contributed by atoms with E-state index < -0.39 is 5.79 Å². The topological polar surface area (TPSA) is 40.6 Å². The second-order valence-corrected chi connectivity index (χ2v) is 4.61. The predicted octanol–water partition coefficient (Wildman–Crippen LogP) is 2.51. The summed E-state index contributed by atoms with van der Waals surface area (Å²) in [5.41, 5.74) is 0. The highest BCUT2D eigenvalue weighted by atomic mass is 35.5. The van der Waals surface area contributed by atoms with Crippen LogP contribution < -0.4 is 4.74 Å². The Morgan fingerprint density at radius 3 is 2.59 bits per heavy atom. The van der Waals surface area contributed by atoms with Gasteiger partial charge in [-0.15, -0.1) is 0 Å². The maximum atomic E-state index is 5.69. The Morgan fingerprint density at radius 2 is 2.06 bits per heavy atom. The summed E-state index contributed by atoms with van der Waals surface area (Å²) in [7, 11) is 3.34. The number of rotatable bonds is 5. The van der Waals surface area contributed by atoms with Gasteiger partial charge in [0.2, 0.25) is 0 Å². The third-order valence-corrected chi connectivity index (χ3v) is 3.35. The van der Waals surface area contributed by atoms with E-state index in [4.69, 9.17) is 25.8 Å². The Hall–Kier alpha value is -0.840. The largest absolute Gasteiger partial charge is 0.492 e. The molecule has 1 aromatic rings. The van der Waals surface area contributed by atoms with E-state index in [-0.39, 0.29) is 0 Å². The number of methoxy groups -OCH3 is 2. The van der Waals surface area contributed by atoms with Crippen LogP contribution in [-0.2, 0) is 9.47 Å². The van der Waals surface area contributed by atoms with Crippen molar-refractivity contribution < 1.29 is 14.2 Å². The summed E-state index contributed by atoms with van der Waals surface area (Å²) in [6, 6.07) is 3.53. The third-order valence-electron chi connectivity index (χ3n) is 3.13. The standard InChI is InChI=1S/C12H16ClNO3/c1-15-12(16-2)5-9(6-12)8-17-10-3-4-11(13)14-7-10/h3-4,7,9H,5-6,8H2,1-2H3. The van der Waals surface area contributed by atoms with Gasteiger partial charge in [0.25, 0.3) is 0 Å². The molecule has 0 aliphatic heterocycles. The van der Waals surface area contributed by atoms with Crippen LogP contribution in [-0.4, -0.2) is 31.6 Å². The van der Waals surface area contributed by atoms with E-state index in [1.54, 1.807) is 26.5 Å². The summed E-state index contributed by atoms with van der Waals surface area (Å²) in [4.78, 5) is 3.95. The SMILES string of the molecule is COC1(OC)CC(COc2ccc(Cl)nc2)C1. The van der Waals surface area contributed by atoms with Crippen molar-refractivity contribution in [2.75, 3.05) is 20.8 Å². The van der Waals surface area contributed by atoms with Gasteiger partial charge in [-0.1, -0.05) is 11.6 Å². The molecule has 1 fully saturated rings. The molecule has 1 aliphatic carbocycles. The number of hydrogen-bond donors (Lipinski definition) is 0. The Bertz CT molecular complexity index is 357. The highest BCUT2D eigenvalue weighted by Crippen LogP contribution is 2.41. The van der Waals surface area contributed by atoms with E-state index in [2.05, 4.69) is 4.98 Å². The van der Waals surface area contributed by atoms with Gasteiger partial charge in [-0.05, 0) is 12.1 Å². The third kappa shape index (κ3) is 2.89. The molecule has 1 aromatic heterocycles. The fourth-order valence-electron chi connectivity index (χ4n) is 2.02. The first-order chi connectivity index (χ1) is 8.17. The number of hydrogen-bond acceptors (Lipinski definition) is 4. The van der Waals surface area contributed by atoms with Crippen LogP contribution in [0.5, 0.6) is 5.75 Å². The monoisotopic (exact) mass is 257 g/mol. The maximum Gasteiger partial charge on any atom is 0.168 e. The van der Waals surface area contributed by atoms with E-state index >= 15 is 0 Å². The Kier molecular flexibility index (Phi) is 3.86. The number of ether oxygens (including phenoxy) is 3. The average Bonchev–Trinajstić information content (AvgIpc) is 2.31. The molecule has 0 saturated heterocycles. The van der Waals surface area contributed by atoms with E-state index in [1.165, 1.54) is 0 Å². The normalized spacial score (nSPS) is 18.8. The van der Waals surface area contributed by atoms with E-state index in [9.17, 15) is 0 Å². The van der Waals surface area contributed by atoms with E-state index in [0.29, 0.717) is 17.7 Å². The first-order valence-corrected chi connectivity index (χ1v) is 5.90. The minimum Gasteiger partial charge on any atom is -0.492 e. The lowest BCUT2D eigenvalue weighted by atomic mass is 9.79. The molecule has 0 radical (unpaired) electrons. The molecule has 17 heavy (non-hydrogen) atoms. The van der Waals surface area contributed by atoms with Gasteiger partial charge in [-0.25, -0.2) is 4.98 Å². The summed E-state index contributed by atoms with van der Waals surface area (Å²) in [6.45, 7) is 0.651. The highest BCUT2D eigenvalue weighted by Gasteiger charge is 2.45. The molecule has 0 N–H and O–H groups in total. The average molecular weight is 258 g/mol. The summed E-state index contributed by atoms with van der Waals surface area (Å²) < 4.78 is 16.2. The first-order valence-electron chi connectivity index (χ1n) is 5.52. The van der Waals surface area contributed by atoms with Crippen LogP contribution in [0.2, 0.25) is 5.15 Å². The van der Waals surface area contributed by atoms with Crippen molar-refractivity contribution in [3.05, 3.63) is 23.5 Å². The summed E-state index contributed by atoms with van der Waals surface area (Å²) >= 11 is 5.69. The van der Waals surface area contributed by atoms with Crippen molar-refractivity contribution in [2.24, 2.45) is 5.92 Å². The van der Waals surface area contributed by atoms with E-state index in [1.807, 2.05) is 6.07 Å². The highest BCUT2D eigenvalue weighted by molar-refractivity contribution is 6.29. The number of aromatic nitrogens is 1.